The molecule has 2 N–H and O–H groups in total. The van der Waals surface area contributed by atoms with E-state index >= 15 is 0 Å². The highest BCUT2D eigenvalue weighted by Crippen LogP contribution is 2.17. The van der Waals surface area contributed by atoms with E-state index in [2.05, 4.69) is 21.5 Å². The highest BCUT2D eigenvalue weighted by atomic mass is 19.1. The van der Waals surface area contributed by atoms with Crippen molar-refractivity contribution in [2.24, 2.45) is 4.99 Å². The van der Waals surface area contributed by atoms with Crippen molar-refractivity contribution in [2.45, 2.75) is 13.5 Å². The predicted molar refractivity (Wildman–Crippen MR) is 74.6 cm³/mol. The summed E-state index contributed by atoms with van der Waals surface area (Å²) in [7, 11) is 1.43. The average molecular weight is 263 g/mol. The van der Waals surface area contributed by atoms with Gasteiger partial charge in [-0.25, -0.2) is 9.38 Å². The van der Waals surface area contributed by atoms with Crippen molar-refractivity contribution >= 4 is 5.96 Å². The summed E-state index contributed by atoms with van der Waals surface area (Å²) in [4.78, 5) is 4.31. The Morgan fingerprint density at radius 2 is 2.26 bits per heavy atom. The summed E-state index contributed by atoms with van der Waals surface area (Å²) in [6, 6.07) is 4.77. The number of ether oxygens (including phenoxy) is 1. The number of hydrogen-bond acceptors (Lipinski definition) is 2. The van der Waals surface area contributed by atoms with E-state index in [1.807, 2.05) is 6.92 Å². The van der Waals surface area contributed by atoms with E-state index in [0.29, 0.717) is 19.0 Å². The molecule has 4 nitrogen and oxygen atoms in total. The van der Waals surface area contributed by atoms with Crippen LogP contribution in [0.1, 0.15) is 12.5 Å². The van der Waals surface area contributed by atoms with Gasteiger partial charge in [-0.1, -0.05) is 12.0 Å². The Bertz CT molecular complexity index is 480. The van der Waals surface area contributed by atoms with E-state index < -0.39 is 5.82 Å². The van der Waals surface area contributed by atoms with Crippen LogP contribution in [-0.4, -0.2) is 26.2 Å². The van der Waals surface area contributed by atoms with Crippen molar-refractivity contribution in [3.05, 3.63) is 29.6 Å². The molecule has 19 heavy (non-hydrogen) atoms. The molecule has 0 aromatic heterocycles. The Morgan fingerprint density at radius 3 is 2.84 bits per heavy atom. The number of rotatable bonds is 5. The van der Waals surface area contributed by atoms with Gasteiger partial charge in [-0.3, -0.25) is 0 Å². The molecule has 0 atom stereocenters. The lowest BCUT2D eigenvalue weighted by Gasteiger charge is -2.09. The molecule has 5 heteroatoms. The number of nitrogens with zero attached hydrogens (tertiary/aromatic N) is 1. The first-order valence-electron chi connectivity index (χ1n) is 5.99. The second-order valence-corrected chi connectivity index (χ2v) is 3.72. The van der Waals surface area contributed by atoms with Crippen LogP contribution in [0.15, 0.2) is 23.2 Å². The molecule has 0 saturated carbocycles. The standard InChI is InChI=1S/C14H18FN3O/c1-4-8-17-14(16-5-2)18-10-11-6-7-13(19-3)12(15)9-11/h1,6-7,9H,5,8,10H2,2-3H3,(H2,16,17,18). The zero-order valence-electron chi connectivity index (χ0n) is 11.2. The van der Waals surface area contributed by atoms with Crippen molar-refractivity contribution in [3.8, 4) is 18.1 Å². The lowest BCUT2D eigenvalue weighted by molar-refractivity contribution is 0.386. The van der Waals surface area contributed by atoms with Gasteiger partial charge in [0.1, 0.15) is 0 Å². The van der Waals surface area contributed by atoms with Crippen molar-refractivity contribution < 1.29 is 9.13 Å². The van der Waals surface area contributed by atoms with Crippen LogP contribution in [0.2, 0.25) is 0 Å². The number of halogens is 1. The highest BCUT2D eigenvalue weighted by molar-refractivity contribution is 5.79. The Balaban J connectivity index is 2.71. The van der Waals surface area contributed by atoms with Gasteiger partial charge < -0.3 is 15.4 Å². The molecule has 1 aromatic carbocycles. The van der Waals surface area contributed by atoms with Crippen LogP contribution in [0.5, 0.6) is 5.75 Å². The molecule has 0 amide bonds. The fraction of sp³-hybridized carbons (Fsp3) is 0.357. The molecule has 0 spiro atoms. The van der Waals surface area contributed by atoms with E-state index in [4.69, 9.17) is 11.2 Å². The Morgan fingerprint density at radius 1 is 1.47 bits per heavy atom. The third kappa shape index (κ3) is 4.88. The highest BCUT2D eigenvalue weighted by Gasteiger charge is 2.03. The van der Waals surface area contributed by atoms with E-state index in [1.165, 1.54) is 13.2 Å². The van der Waals surface area contributed by atoms with Crippen LogP contribution in [0.25, 0.3) is 0 Å². The van der Waals surface area contributed by atoms with Crippen molar-refractivity contribution in [1.29, 1.82) is 0 Å². The van der Waals surface area contributed by atoms with Gasteiger partial charge in [-0.05, 0) is 24.6 Å². The minimum Gasteiger partial charge on any atom is -0.494 e. The minimum atomic E-state index is -0.392. The first-order chi connectivity index (χ1) is 9.21. The van der Waals surface area contributed by atoms with Crippen LogP contribution < -0.4 is 15.4 Å². The summed E-state index contributed by atoms with van der Waals surface area (Å²) < 4.78 is 18.4. The SMILES string of the molecule is C#CCNC(=NCc1ccc(OC)c(F)c1)NCC. The van der Waals surface area contributed by atoms with Crippen LogP contribution in [0.3, 0.4) is 0 Å². The summed E-state index contributed by atoms with van der Waals surface area (Å²) in [5.41, 5.74) is 0.760. The molecule has 0 aliphatic heterocycles. The van der Waals surface area contributed by atoms with Crippen LogP contribution in [-0.2, 0) is 6.54 Å². The van der Waals surface area contributed by atoms with Crippen LogP contribution in [0.4, 0.5) is 4.39 Å². The van der Waals surface area contributed by atoms with Gasteiger partial charge in [0.2, 0.25) is 0 Å². The summed E-state index contributed by atoms with van der Waals surface area (Å²) in [6.45, 7) is 3.44. The molecule has 0 radical (unpaired) electrons. The summed E-state index contributed by atoms with van der Waals surface area (Å²) in [6.07, 6.45) is 5.17. The fourth-order valence-electron chi connectivity index (χ4n) is 1.46. The van der Waals surface area contributed by atoms with Gasteiger partial charge in [-0.15, -0.1) is 6.42 Å². The molecule has 0 aliphatic carbocycles. The zero-order chi connectivity index (χ0) is 14.1. The number of methoxy groups -OCH3 is 1. The van der Waals surface area contributed by atoms with E-state index in [1.54, 1.807) is 12.1 Å². The maximum Gasteiger partial charge on any atom is 0.192 e. The minimum absolute atomic E-state index is 0.227. The maximum absolute atomic E-state index is 13.5. The smallest absolute Gasteiger partial charge is 0.192 e. The van der Waals surface area contributed by atoms with E-state index in [-0.39, 0.29) is 5.75 Å². The van der Waals surface area contributed by atoms with Gasteiger partial charge in [0, 0.05) is 6.54 Å². The third-order valence-corrected chi connectivity index (χ3v) is 2.34. The number of terminal acetylenes is 1. The lowest BCUT2D eigenvalue weighted by atomic mass is 10.2. The summed E-state index contributed by atoms with van der Waals surface area (Å²) in [5.74, 6) is 2.91. The van der Waals surface area contributed by atoms with E-state index in [0.717, 1.165) is 12.1 Å². The van der Waals surface area contributed by atoms with Crippen molar-refractivity contribution in [2.75, 3.05) is 20.2 Å². The first kappa shape index (κ1) is 14.8. The molecule has 0 aliphatic rings. The monoisotopic (exact) mass is 263 g/mol. The fourth-order valence-corrected chi connectivity index (χ4v) is 1.46. The predicted octanol–water partition coefficient (Wildman–Crippen LogP) is 1.52. The van der Waals surface area contributed by atoms with Crippen molar-refractivity contribution in [1.82, 2.24) is 10.6 Å². The molecule has 0 unspecified atom stereocenters. The molecular formula is C14H18FN3O. The Kier molecular flexibility index (Phi) is 6.23. The number of benzene rings is 1. The Hall–Kier alpha value is -2.22. The normalized spacial score (nSPS) is 10.7. The average Bonchev–Trinajstić information content (AvgIpc) is 2.42. The molecular weight excluding hydrogens is 245 g/mol. The molecule has 0 heterocycles. The lowest BCUT2D eigenvalue weighted by Crippen LogP contribution is -2.37. The van der Waals surface area contributed by atoms with Gasteiger partial charge in [0.25, 0.3) is 0 Å². The van der Waals surface area contributed by atoms with Crippen LogP contribution in [0, 0.1) is 18.2 Å². The molecule has 0 fully saturated rings. The molecule has 1 aromatic rings. The van der Waals surface area contributed by atoms with Gasteiger partial charge in [0.15, 0.2) is 17.5 Å². The first-order valence-corrected chi connectivity index (χ1v) is 5.99. The second-order valence-electron chi connectivity index (χ2n) is 3.72. The zero-order valence-corrected chi connectivity index (χ0v) is 11.2. The number of hydrogen-bond donors (Lipinski definition) is 2. The van der Waals surface area contributed by atoms with Gasteiger partial charge in [-0.2, -0.15) is 0 Å². The molecule has 102 valence electrons. The number of guanidine groups is 1. The van der Waals surface area contributed by atoms with Crippen LogP contribution >= 0.6 is 0 Å². The third-order valence-electron chi connectivity index (χ3n) is 2.34. The number of nitrogens with one attached hydrogen (secondary N) is 2. The topological polar surface area (TPSA) is 45.7 Å². The maximum atomic E-state index is 13.5. The van der Waals surface area contributed by atoms with Gasteiger partial charge >= 0.3 is 0 Å². The quantitative estimate of drug-likeness (QED) is 0.481. The van der Waals surface area contributed by atoms with E-state index in [9.17, 15) is 4.39 Å². The largest absolute Gasteiger partial charge is 0.494 e. The number of aliphatic imine (C=N–C) groups is 1. The Labute approximate surface area is 113 Å². The molecule has 0 bridgehead atoms. The molecule has 1 rings (SSSR count). The second kappa shape index (κ2) is 7.98. The van der Waals surface area contributed by atoms with Gasteiger partial charge in [0.05, 0.1) is 20.2 Å². The molecule has 0 saturated heterocycles. The van der Waals surface area contributed by atoms with Crippen molar-refractivity contribution in [3.63, 3.8) is 0 Å². The summed E-state index contributed by atoms with van der Waals surface area (Å²) >= 11 is 0. The summed E-state index contributed by atoms with van der Waals surface area (Å²) in [5, 5.41) is 6.01.